The molecule has 0 saturated heterocycles. The van der Waals surface area contributed by atoms with Gasteiger partial charge in [0.05, 0.1) is 35.6 Å². The summed E-state index contributed by atoms with van der Waals surface area (Å²) in [4.78, 5) is 0. The van der Waals surface area contributed by atoms with Gasteiger partial charge in [0.2, 0.25) is 0 Å². The zero-order valence-corrected chi connectivity index (χ0v) is 7.66. The maximum atomic E-state index is 6.47. The summed E-state index contributed by atoms with van der Waals surface area (Å²) < 4.78 is 19.4. The minimum Gasteiger partial charge on any atom is -1.00 e. The molecule has 0 aromatic carbocycles. The SMILES string of the molecule is OCl.OCl.OCl.[Ca+2].[H-].[H-]. The van der Waals surface area contributed by atoms with E-state index in [1.165, 1.54) is 0 Å². The molecule has 3 N–H and O–H groups in total. The molecule has 0 spiro atoms. The van der Waals surface area contributed by atoms with Crippen molar-refractivity contribution in [1.82, 2.24) is 0 Å². The standard InChI is InChI=1S/Ca.3ClHO.2H/c;3*1-2;;/h;3*2H;;/q+2;;;;2*-1. The molecule has 0 aromatic heterocycles. The third-order valence-electron chi connectivity index (χ3n) is 0. The van der Waals surface area contributed by atoms with Crippen molar-refractivity contribution in [3.63, 3.8) is 0 Å². The summed E-state index contributed by atoms with van der Waals surface area (Å²) >= 11 is 10.9. The second kappa shape index (κ2) is 97.4. The van der Waals surface area contributed by atoms with E-state index in [0.717, 1.165) is 0 Å². The van der Waals surface area contributed by atoms with Gasteiger partial charge in [0.25, 0.3) is 0 Å². The summed E-state index contributed by atoms with van der Waals surface area (Å²) in [6.45, 7) is 0. The van der Waals surface area contributed by atoms with Gasteiger partial charge < -0.3 is 2.85 Å². The van der Waals surface area contributed by atoms with Gasteiger partial charge in [-0.05, 0) is 0 Å². The Labute approximate surface area is 89.3 Å². The van der Waals surface area contributed by atoms with Crippen molar-refractivity contribution < 1.29 is 16.8 Å². The first kappa shape index (κ1) is 23.0. The second-order valence-corrected chi connectivity index (χ2v) is 0. The number of halogens is 3. The van der Waals surface area contributed by atoms with Crippen LogP contribution < -0.4 is 0 Å². The normalized spacial score (nSPS) is 2.57. The molecule has 0 bridgehead atoms. The van der Waals surface area contributed by atoms with Gasteiger partial charge in [-0.1, -0.05) is 0 Å². The Kier molecular flexibility index (Phi) is 321. The van der Waals surface area contributed by atoms with Gasteiger partial charge in [-0.3, -0.25) is 14.0 Å². The van der Waals surface area contributed by atoms with E-state index < -0.39 is 0 Å². The molecule has 0 saturated carbocycles. The molecule has 0 aliphatic carbocycles. The molecule has 0 heterocycles. The molecule has 7 heavy (non-hydrogen) atoms. The largest absolute Gasteiger partial charge is 2.00 e. The van der Waals surface area contributed by atoms with E-state index in [-0.39, 0.29) is 40.6 Å². The minimum atomic E-state index is 0. The fourth-order valence-electron chi connectivity index (χ4n) is 0. The first-order valence-corrected chi connectivity index (χ1v) is 1.52. The van der Waals surface area contributed by atoms with E-state index in [0.29, 0.717) is 0 Å². The average molecular weight is 199 g/mol. The first-order valence-electron chi connectivity index (χ1n) is 0.507. The molecule has 46 valence electrons. The van der Waals surface area contributed by atoms with Crippen LogP contribution in [0, 0.1) is 0 Å². The Morgan fingerprint density at radius 1 is 0.714 bits per heavy atom. The summed E-state index contributed by atoms with van der Waals surface area (Å²) in [6, 6.07) is 0. The fraction of sp³-hybridized carbons (Fsp3) is 0. The fourth-order valence-corrected chi connectivity index (χ4v) is 0. The average Bonchev–Trinajstić information content (AvgIpc) is 1.81. The second-order valence-electron chi connectivity index (χ2n) is 0. The third-order valence-corrected chi connectivity index (χ3v) is 0. The molecule has 0 aliphatic rings. The minimum absolute atomic E-state index is 0. The Bertz CT molecular complexity index is 17.0. The van der Waals surface area contributed by atoms with Crippen LogP contribution >= 0.6 is 35.6 Å². The maximum Gasteiger partial charge on any atom is 2.00 e. The van der Waals surface area contributed by atoms with Crippen molar-refractivity contribution in [2.45, 2.75) is 0 Å². The number of hydrogen-bond acceptors (Lipinski definition) is 3. The molecule has 0 amide bonds. The molecule has 0 rings (SSSR count). The Morgan fingerprint density at radius 2 is 0.714 bits per heavy atom. The zero-order chi connectivity index (χ0) is 6.00. The Hall–Kier alpha value is 2.01. The maximum absolute atomic E-state index is 6.47. The smallest absolute Gasteiger partial charge is 1.00 e. The summed E-state index contributed by atoms with van der Waals surface area (Å²) in [6.07, 6.45) is 0. The first-order chi connectivity index (χ1) is 3.00. The topological polar surface area (TPSA) is 60.7 Å². The van der Waals surface area contributed by atoms with Crippen molar-refractivity contribution in [3.8, 4) is 0 Å². The molecule has 0 radical (unpaired) electrons. The Morgan fingerprint density at radius 3 is 0.714 bits per heavy atom. The summed E-state index contributed by atoms with van der Waals surface area (Å²) in [5, 5.41) is 0. The van der Waals surface area contributed by atoms with Crippen molar-refractivity contribution in [2.75, 3.05) is 0 Å². The molecule has 0 aliphatic heterocycles. The van der Waals surface area contributed by atoms with Crippen molar-refractivity contribution >= 4 is 73.3 Å². The van der Waals surface area contributed by atoms with E-state index in [1.54, 1.807) is 0 Å². The molecule has 0 fully saturated rings. The third kappa shape index (κ3) is 71.6. The van der Waals surface area contributed by atoms with Gasteiger partial charge in [0.15, 0.2) is 0 Å². The predicted molar refractivity (Wildman–Crippen MR) is 32.2 cm³/mol. The van der Waals surface area contributed by atoms with Crippen LogP contribution in [-0.4, -0.2) is 51.7 Å². The van der Waals surface area contributed by atoms with Crippen molar-refractivity contribution in [2.24, 2.45) is 0 Å². The van der Waals surface area contributed by atoms with Crippen LogP contribution in [0.15, 0.2) is 0 Å². The van der Waals surface area contributed by atoms with Crippen LogP contribution in [0.2, 0.25) is 0 Å². The molecular weight excluding hydrogens is 194 g/mol. The van der Waals surface area contributed by atoms with Crippen LogP contribution in [0.4, 0.5) is 0 Å². The van der Waals surface area contributed by atoms with Crippen molar-refractivity contribution in [3.05, 3.63) is 0 Å². The van der Waals surface area contributed by atoms with Gasteiger partial charge in [0.1, 0.15) is 0 Å². The molecule has 3 nitrogen and oxygen atoms in total. The summed E-state index contributed by atoms with van der Waals surface area (Å²) in [7, 11) is 0. The van der Waals surface area contributed by atoms with Crippen LogP contribution in [0.25, 0.3) is 0 Å². The van der Waals surface area contributed by atoms with Crippen molar-refractivity contribution in [1.29, 1.82) is 0 Å². The number of hydrogen-bond donors (Lipinski definition) is 3. The van der Waals surface area contributed by atoms with Crippen LogP contribution in [0.5, 0.6) is 0 Å². The monoisotopic (exact) mass is 198 g/mol. The predicted octanol–water partition coefficient (Wildman–Crippen LogP) is 0.242. The quantitative estimate of drug-likeness (QED) is 0.490. The molecule has 0 unspecified atom stereocenters. The van der Waals surface area contributed by atoms with Crippen LogP contribution in [0.3, 0.4) is 0 Å². The van der Waals surface area contributed by atoms with E-state index in [9.17, 15) is 0 Å². The van der Waals surface area contributed by atoms with E-state index in [2.05, 4.69) is 35.6 Å². The zero-order valence-electron chi connectivity index (χ0n) is 5.18. The van der Waals surface area contributed by atoms with Crippen LogP contribution in [0.1, 0.15) is 2.85 Å². The Balaban J connectivity index is -0.00000000321. The van der Waals surface area contributed by atoms with Gasteiger partial charge in [-0.15, -0.1) is 0 Å². The molecule has 0 aromatic rings. The van der Waals surface area contributed by atoms with E-state index in [1.807, 2.05) is 0 Å². The van der Waals surface area contributed by atoms with E-state index in [4.69, 9.17) is 14.0 Å². The summed E-state index contributed by atoms with van der Waals surface area (Å²) in [5.74, 6) is 0. The molecule has 7 heteroatoms. The number of rotatable bonds is 0. The molecule has 0 atom stereocenters. The van der Waals surface area contributed by atoms with Gasteiger partial charge in [-0.2, -0.15) is 0 Å². The van der Waals surface area contributed by atoms with Gasteiger partial charge >= 0.3 is 37.7 Å². The van der Waals surface area contributed by atoms with E-state index >= 15 is 0 Å². The van der Waals surface area contributed by atoms with Gasteiger partial charge in [0, 0.05) is 0 Å². The van der Waals surface area contributed by atoms with Crippen LogP contribution in [-0.2, 0) is 0 Å². The summed E-state index contributed by atoms with van der Waals surface area (Å²) in [5.41, 5.74) is 0. The van der Waals surface area contributed by atoms with Gasteiger partial charge in [-0.25, -0.2) is 0 Å². The molecular formula is H5CaCl3O3.